The third kappa shape index (κ3) is 5.26. The van der Waals surface area contributed by atoms with E-state index in [2.05, 4.69) is 15.6 Å². The Morgan fingerprint density at radius 2 is 1.84 bits per heavy atom. The first-order chi connectivity index (χ1) is 15.2. The van der Waals surface area contributed by atoms with Crippen molar-refractivity contribution in [1.29, 1.82) is 0 Å². The SMILES string of the molecule is O=C(NCCCOc1cccc2cccnc12)c1cccc(NC(=O)c2cccs2)c1. The smallest absolute Gasteiger partial charge is 0.265 e. The number of ether oxygens (including phenoxy) is 1. The summed E-state index contributed by atoms with van der Waals surface area (Å²) in [6.07, 6.45) is 2.40. The number of rotatable bonds is 8. The predicted octanol–water partition coefficient (Wildman–Crippen LogP) is 4.75. The highest BCUT2D eigenvalue weighted by atomic mass is 32.1. The minimum Gasteiger partial charge on any atom is -0.491 e. The van der Waals surface area contributed by atoms with Gasteiger partial charge in [0.05, 0.1) is 11.5 Å². The fourth-order valence-electron chi connectivity index (χ4n) is 3.09. The molecule has 0 radical (unpaired) electrons. The van der Waals surface area contributed by atoms with Crippen LogP contribution in [0.1, 0.15) is 26.5 Å². The van der Waals surface area contributed by atoms with Crippen molar-refractivity contribution in [3.63, 3.8) is 0 Å². The molecule has 2 amide bonds. The largest absolute Gasteiger partial charge is 0.491 e. The van der Waals surface area contributed by atoms with E-state index in [0.29, 0.717) is 35.7 Å². The number of hydrogen-bond acceptors (Lipinski definition) is 5. The van der Waals surface area contributed by atoms with Crippen LogP contribution in [-0.2, 0) is 0 Å². The molecule has 7 heteroatoms. The summed E-state index contributed by atoms with van der Waals surface area (Å²) in [4.78, 5) is 29.6. The van der Waals surface area contributed by atoms with Gasteiger partial charge in [-0.05, 0) is 48.2 Å². The summed E-state index contributed by atoms with van der Waals surface area (Å²) in [5, 5.41) is 8.57. The van der Waals surface area contributed by atoms with Gasteiger partial charge < -0.3 is 15.4 Å². The molecule has 0 aliphatic carbocycles. The van der Waals surface area contributed by atoms with Crippen LogP contribution in [0.3, 0.4) is 0 Å². The van der Waals surface area contributed by atoms with E-state index in [4.69, 9.17) is 4.74 Å². The normalized spacial score (nSPS) is 10.6. The number of benzene rings is 2. The Bertz CT molecular complexity index is 1190. The molecule has 0 atom stereocenters. The van der Waals surface area contributed by atoms with E-state index in [1.54, 1.807) is 36.5 Å². The third-order valence-corrected chi connectivity index (χ3v) is 5.46. The van der Waals surface area contributed by atoms with Crippen LogP contribution in [0.25, 0.3) is 10.9 Å². The molecule has 2 aromatic heterocycles. The van der Waals surface area contributed by atoms with Crippen LogP contribution in [-0.4, -0.2) is 29.9 Å². The van der Waals surface area contributed by atoms with Crippen LogP contribution < -0.4 is 15.4 Å². The Morgan fingerprint density at radius 1 is 0.968 bits per heavy atom. The molecule has 6 nitrogen and oxygen atoms in total. The molecule has 31 heavy (non-hydrogen) atoms. The van der Waals surface area contributed by atoms with Crippen molar-refractivity contribution in [2.24, 2.45) is 0 Å². The van der Waals surface area contributed by atoms with Crippen LogP contribution in [0, 0.1) is 0 Å². The maximum absolute atomic E-state index is 12.4. The van der Waals surface area contributed by atoms with Crippen molar-refractivity contribution in [2.45, 2.75) is 6.42 Å². The van der Waals surface area contributed by atoms with Crippen LogP contribution in [0.5, 0.6) is 5.75 Å². The average Bonchev–Trinajstić information content (AvgIpc) is 3.34. The van der Waals surface area contributed by atoms with E-state index in [9.17, 15) is 9.59 Å². The van der Waals surface area contributed by atoms with Gasteiger partial charge in [-0.15, -0.1) is 11.3 Å². The quantitative estimate of drug-likeness (QED) is 0.395. The second-order valence-electron chi connectivity index (χ2n) is 6.80. The van der Waals surface area contributed by atoms with Crippen LogP contribution in [0.2, 0.25) is 0 Å². The van der Waals surface area contributed by atoms with Gasteiger partial charge >= 0.3 is 0 Å². The first-order valence-corrected chi connectivity index (χ1v) is 10.8. The third-order valence-electron chi connectivity index (χ3n) is 4.59. The monoisotopic (exact) mass is 431 g/mol. The second-order valence-corrected chi connectivity index (χ2v) is 7.75. The first-order valence-electron chi connectivity index (χ1n) is 9.90. The number of nitrogens with zero attached hydrogens (tertiary/aromatic N) is 1. The number of aromatic nitrogens is 1. The molecule has 0 unspecified atom stereocenters. The summed E-state index contributed by atoms with van der Waals surface area (Å²) in [6, 6.07) is 20.2. The fraction of sp³-hybridized carbons (Fsp3) is 0.125. The molecular weight excluding hydrogens is 410 g/mol. The number of pyridine rings is 1. The van der Waals surface area contributed by atoms with Crippen LogP contribution >= 0.6 is 11.3 Å². The lowest BCUT2D eigenvalue weighted by Crippen LogP contribution is -2.25. The Balaban J connectivity index is 1.26. The molecule has 0 saturated carbocycles. The molecule has 0 bridgehead atoms. The molecule has 0 saturated heterocycles. The Kier molecular flexibility index (Phi) is 6.54. The van der Waals surface area contributed by atoms with E-state index < -0.39 is 0 Å². The summed E-state index contributed by atoms with van der Waals surface area (Å²) >= 11 is 1.37. The van der Waals surface area contributed by atoms with Crippen molar-refractivity contribution in [3.05, 3.63) is 88.7 Å². The molecule has 2 N–H and O–H groups in total. The molecule has 4 aromatic rings. The van der Waals surface area contributed by atoms with Gasteiger partial charge in [-0.2, -0.15) is 0 Å². The van der Waals surface area contributed by atoms with E-state index in [1.165, 1.54) is 11.3 Å². The minimum absolute atomic E-state index is 0.187. The first kappa shape index (κ1) is 20.6. The number of carbonyl (C=O) groups excluding carboxylic acids is 2. The number of para-hydroxylation sites is 1. The van der Waals surface area contributed by atoms with Crippen molar-refractivity contribution >= 4 is 39.7 Å². The van der Waals surface area contributed by atoms with E-state index in [1.807, 2.05) is 41.8 Å². The van der Waals surface area contributed by atoms with E-state index in [0.717, 1.165) is 16.7 Å². The van der Waals surface area contributed by atoms with E-state index in [-0.39, 0.29) is 11.8 Å². The highest BCUT2D eigenvalue weighted by molar-refractivity contribution is 7.12. The van der Waals surface area contributed by atoms with Gasteiger partial charge in [0.2, 0.25) is 0 Å². The van der Waals surface area contributed by atoms with Gasteiger partial charge in [-0.25, -0.2) is 0 Å². The Morgan fingerprint density at radius 3 is 2.71 bits per heavy atom. The van der Waals surface area contributed by atoms with Crippen LogP contribution in [0.15, 0.2) is 78.3 Å². The molecule has 156 valence electrons. The standard InChI is InChI=1S/C24H21N3O3S/c28-23(18-7-1-9-19(16-18)27-24(29)21-11-4-15-31-21)26-13-5-14-30-20-10-2-6-17-8-3-12-25-22(17)20/h1-4,6-12,15-16H,5,13-14H2,(H,26,28)(H,27,29). The molecule has 0 spiro atoms. The van der Waals surface area contributed by atoms with Crippen molar-refractivity contribution < 1.29 is 14.3 Å². The highest BCUT2D eigenvalue weighted by Crippen LogP contribution is 2.23. The van der Waals surface area contributed by atoms with Gasteiger partial charge in [0.25, 0.3) is 11.8 Å². The lowest BCUT2D eigenvalue weighted by molar-refractivity contribution is 0.0950. The number of nitrogens with one attached hydrogen (secondary N) is 2. The zero-order valence-corrected chi connectivity index (χ0v) is 17.5. The van der Waals surface area contributed by atoms with Gasteiger partial charge in [0, 0.05) is 29.4 Å². The van der Waals surface area contributed by atoms with Crippen molar-refractivity contribution in [1.82, 2.24) is 10.3 Å². The number of carbonyl (C=O) groups is 2. The maximum atomic E-state index is 12.4. The summed E-state index contributed by atoms with van der Waals surface area (Å²) in [5.41, 5.74) is 1.90. The topological polar surface area (TPSA) is 80.3 Å². The Labute approximate surface area is 183 Å². The number of amides is 2. The molecule has 0 fully saturated rings. The summed E-state index contributed by atoms with van der Waals surface area (Å²) < 4.78 is 5.84. The number of anilines is 1. The molecular formula is C24H21N3O3S. The fourth-order valence-corrected chi connectivity index (χ4v) is 3.71. The predicted molar refractivity (Wildman–Crippen MR) is 123 cm³/mol. The summed E-state index contributed by atoms with van der Waals surface area (Å²) in [5.74, 6) is 0.352. The number of thiophene rings is 1. The lowest BCUT2D eigenvalue weighted by Gasteiger charge is -2.10. The van der Waals surface area contributed by atoms with Crippen molar-refractivity contribution in [2.75, 3.05) is 18.5 Å². The Hall–Kier alpha value is -3.71. The molecule has 2 heterocycles. The van der Waals surface area contributed by atoms with Crippen LogP contribution in [0.4, 0.5) is 5.69 Å². The lowest BCUT2D eigenvalue weighted by atomic mass is 10.2. The van der Waals surface area contributed by atoms with Gasteiger partial charge in [0.1, 0.15) is 11.3 Å². The minimum atomic E-state index is -0.195. The summed E-state index contributed by atoms with van der Waals surface area (Å²) in [6.45, 7) is 0.940. The van der Waals surface area contributed by atoms with Gasteiger partial charge in [-0.1, -0.05) is 30.3 Å². The maximum Gasteiger partial charge on any atom is 0.265 e. The van der Waals surface area contributed by atoms with Gasteiger partial charge in [0.15, 0.2) is 0 Å². The molecule has 0 aliphatic heterocycles. The molecule has 4 rings (SSSR count). The zero-order valence-electron chi connectivity index (χ0n) is 16.7. The van der Waals surface area contributed by atoms with Gasteiger partial charge in [-0.3, -0.25) is 14.6 Å². The van der Waals surface area contributed by atoms with E-state index >= 15 is 0 Å². The zero-order chi connectivity index (χ0) is 21.5. The number of fused-ring (bicyclic) bond motifs is 1. The molecule has 2 aromatic carbocycles. The average molecular weight is 432 g/mol. The highest BCUT2D eigenvalue weighted by Gasteiger charge is 2.10. The molecule has 0 aliphatic rings. The second kappa shape index (κ2) is 9.86. The van der Waals surface area contributed by atoms with Crippen molar-refractivity contribution in [3.8, 4) is 5.75 Å². The summed E-state index contributed by atoms with van der Waals surface area (Å²) in [7, 11) is 0. The number of hydrogen-bond donors (Lipinski definition) is 2.